The van der Waals surface area contributed by atoms with Crippen LogP contribution in [0.5, 0.6) is 0 Å². The van der Waals surface area contributed by atoms with E-state index >= 15 is 0 Å². The van der Waals surface area contributed by atoms with Gasteiger partial charge >= 0.3 is 0 Å². The number of amides is 1. The predicted molar refractivity (Wildman–Crippen MR) is 72.4 cm³/mol. The van der Waals surface area contributed by atoms with Crippen molar-refractivity contribution in [2.45, 2.75) is 50.4 Å². The number of aliphatic hydroxyl groups excluding tert-OH is 1. The lowest BCUT2D eigenvalue weighted by atomic mass is 9.82. The number of hydrogen-bond acceptors (Lipinski definition) is 3. The Morgan fingerprint density at radius 1 is 1.32 bits per heavy atom. The highest BCUT2D eigenvalue weighted by Crippen LogP contribution is 2.29. The van der Waals surface area contributed by atoms with Gasteiger partial charge in [0, 0.05) is 0 Å². The summed E-state index contributed by atoms with van der Waals surface area (Å²) in [4.78, 5) is 12.2. The average Bonchev–Trinajstić information content (AvgIpc) is 2.43. The maximum Gasteiger partial charge on any atom is 0.252 e. The van der Waals surface area contributed by atoms with E-state index in [4.69, 9.17) is 0 Å². The van der Waals surface area contributed by atoms with Crippen LogP contribution in [0.3, 0.4) is 0 Å². The molecule has 1 aromatic rings. The van der Waals surface area contributed by atoms with Crippen LogP contribution in [0, 0.1) is 0 Å². The number of aliphatic hydroxyl groups is 2. The van der Waals surface area contributed by atoms with Crippen LogP contribution >= 0.6 is 0 Å². The van der Waals surface area contributed by atoms with Crippen LogP contribution in [-0.2, 0) is 4.79 Å². The van der Waals surface area contributed by atoms with Crippen LogP contribution in [0.2, 0.25) is 0 Å². The maximum absolute atomic E-state index is 12.2. The number of rotatable bonds is 3. The molecule has 0 heterocycles. The van der Waals surface area contributed by atoms with Gasteiger partial charge in [-0.3, -0.25) is 4.79 Å². The third-order valence-electron chi connectivity index (χ3n) is 3.85. The molecule has 0 bridgehead atoms. The summed E-state index contributed by atoms with van der Waals surface area (Å²) in [6, 6.07) is 9.52. The molecule has 3 N–H and O–H groups in total. The Kier molecular flexibility index (Phi) is 4.22. The summed E-state index contributed by atoms with van der Waals surface area (Å²) in [5.41, 5.74) is -0.322. The fourth-order valence-electron chi connectivity index (χ4n) is 2.46. The van der Waals surface area contributed by atoms with Gasteiger partial charge in [-0.25, -0.2) is 0 Å². The van der Waals surface area contributed by atoms with E-state index < -0.39 is 5.60 Å². The van der Waals surface area contributed by atoms with Crippen molar-refractivity contribution in [2.24, 2.45) is 0 Å². The van der Waals surface area contributed by atoms with Gasteiger partial charge in [-0.2, -0.15) is 0 Å². The fourth-order valence-corrected chi connectivity index (χ4v) is 2.46. The van der Waals surface area contributed by atoms with Gasteiger partial charge in [-0.1, -0.05) is 30.3 Å². The quantitative estimate of drug-likeness (QED) is 0.774. The van der Waals surface area contributed by atoms with E-state index in [1.165, 1.54) is 0 Å². The molecule has 19 heavy (non-hydrogen) atoms. The number of carbonyl (C=O) groups excluding carboxylic acids is 1. The zero-order valence-electron chi connectivity index (χ0n) is 11.2. The van der Waals surface area contributed by atoms with Crippen molar-refractivity contribution in [1.29, 1.82) is 0 Å². The number of carbonyl (C=O) groups is 1. The lowest BCUT2D eigenvalue weighted by molar-refractivity contribution is -0.146. The third kappa shape index (κ3) is 3.33. The smallest absolute Gasteiger partial charge is 0.252 e. The largest absolute Gasteiger partial charge is 0.393 e. The molecule has 104 valence electrons. The van der Waals surface area contributed by atoms with Gasteiger partial charge in [0.05, 0.1) is 12.1 Å². The molecule has 1 aromatic carbocycles. The molecule has 1 amide bonds. The highest BCUT2D eigenvalue weighted by molar-refractivity contribution is 5.85. The minimum Gasteiger partial charge on any atom is -0.393 e. The lowest BCUT2D eigenvalue weighted by Crippen LogP contribution is -2.50. The van der Waals surface area contributed by atoms with Crippen molar-refractivity contribution in [2.75, 3.05) is 0 Å². The third-order valence-corrected chi connectivity index (χ3v) is 3.85. The Morgan fingerprint density at radius 2 is 1.89 bits per heavy atom. The molecule has 1 aliphatic carbocycles. The maximum atomic E-state index is 12.2. The zero-order valence-corrected chi connectivity index (χ0v) is 11.2. The molecule has 0 spiro atoms. The number of benzene rings is 1. The summed E-state index contributed by atoms with van der Waals surface area (Å²) < 4.78 is 0. The summed E-state index contributed by atoms with van der Waals surface area (Å²) in [6.07, 6.45) is 1.20. The van der Waals surface area contributed by atoms with Gasteiger partial charge in [0.2, 0.25) is 0 Å². The highest BCUT2D eigenvalue weighted by Gasteiger charge is 2.39. The summed E-state index contributed by atoms with van der Waals surface area (Å²) >= 11 is 0. The topological polar surface area (TPSA) is 69.6 Å². The van der Waals surface area contributed by atoms with Crippen molar-refractivity contribution in [3.8, 4) is 0 Å². The van der Waals surface area contributed by atoms with Crippen molar-refractivity contribution < 1.29 is 15.0 Å². The first kappa shape index (κ1) is 14.0. The van der Waals surface area contributed by atoms with Crippen LogP contribution in [0.15, 0.2) is 30.3 Å². The second-order valence-corrected chi connectivity index (χ2v) is 5.37. The molecule has 0 aliphatic heterocycles. The minimum atomic E-state index is -1.33. The molecule has 0 radical (unpaired) electrons. The van der Waals surface area contributed by atoms with Crippen LogP contribution in [0.1, 0.15) is 44.2 Å². The highest BCUT2D eigenvalue weighted by atomic mass is 16.3. The molecule has 1 aliphatic rings. The van der Waals surface area contributed by atoms with Crippen LogP contribution in [0.4, 0.5) is 0 Å². The lowest BCUT2D eigenvalue weighted by Gasteiger charge is -2.33. The second kappa shape index (κ2) is 5.72. The molecule has 1 fully saturated rings. The van der Waals surface area contributed by atoms with Gasteiger partial charge < -0.3 is 15.5 Å². The summed E-state index contributed by atoms with van der Waals surface area (Å²) in [7, 11) is 0. The van der Waals surface area contributed by atoms with Crippen LogP contribution in [0.25, 0.3) is 0 Å². The van der Waals surface area contributed by atoms with E-state index in [1.807, 2.05) is 37.3 Å². The average molecular weight is 263 g/mol. The van der Waals surface area contributed by atoms with Crippen LogP contribution in [-0.4, -0.2) is 27.8 Å². The van der Waals surface area contributed by atoms with E-state index in [1.54, 1.807) is 0 Å². The first-order valence-electron chi connectivity index (χ1n) is 6.77. The van der Waals surface area contributed by atoms with Gasteiger partial charge in [0.15, 0.2) is 0 Å². The normalized spacial score (nSPS) is 28.7. The zero-order chi connectivity index (χ0) is 13.9. The van der Waals surface area contributed by atoms with Crippen molar-refractivity contribution in [3.63, 3.8) is 0 Å². The Balaban J connectivity index is 1.97. The van der Waals surface area contributed by atoms with Crippen molar-refractivity contribution in [1.82, 2.24) is 5.32 Å². The molecular weight excluding hydrogens is 242 g/mol. The van der Waals surface area contributed by atoms with Crippen LogP contribution < -0.4 is 5.32 Å². The molecular formula is C15H21NO3. The number of nitrogens with one attached hydrogen (secondary N) is 1. The molecule has 1 saturated carbocycles. The number of hydrogen-bond donors (Lipinski definition) is 3. The monoisotopic (exact) mass is 263 g/mol. The molecule has 4 nitrogen and oxygen atoms in total. The SMILES string of the molecule is CC(NC(=O)C1(O)CCC(O)CC1)c1ccccc1. The van der Waals surface area contributed by atoms with Crippen molar-refractivity contribution >= 4 is 5.91 Å². The summed E-state index contributed by atoms with van der Waals surface area (Å²) in [5.74, 6) is -0.337. The first-order chi connectivity index (χ1) is 9.01. The van der Waals surface area contributed by atoms with Gasteiger partial charge in [0.1, 0.15) is 5.60 Å². The summed E-state index contributed by atoms with van der Waals surface area (Å²) in [6.45, 7) is 1.90. The second-order valence-electron chi connectivity index (χ2n) is 5.37. The Morgan fingerprint density at radius 3 is 2.47 bits per heavy atom. The van der Waals surface area contributed by atoms with E-state index in [0.29, 0.717) is 25.7 Å². The first-order valence-corrected chi connectivity index (χ1v) is 6.77. The Bertz CT molecular complexity index is 424. The summed E-state index contributed by atoms with van der Waals surface area (Å²) in [5, 5.41) is 22.6. The molecule has 1 atom stereocenters. The molecule has 1 unspecified atom stereocenters. The fraction of sp³-hybridized carbons (Fsp3) is 0.533. The van der Waals surface area contributed by atoms with E-state index in [0.717, 1.165) is 5.56 Å². The predicted octanol–water partition coefficient (Wildman–Crippen LogP) is 1.53. The van der Waals surface area contributed by atoms with E-state index in [9.17, 15) is 15.0 Å². The standard InChI is InChI=1S/C15H21NO3/c1-11(12-5-3-2-4-6-12)16-14(18)15(19)9-7-13(17)8-10-15/h2-6,11,13,17,19H,7-10H2,1H3,(H,16,18). The molecule has 0 aromatic heterocycles. The van der Waals surface area contributed by atoms with E-state index in [-0.39, 0.29) is 18.1 Å². The minimum absolute atomic E-state index is 0.135. The van der Waals surface area contributed by atoms with E-state index in [2.05, 4.69) is 5.32 Å². The van der Waals surface area contributed by atoms with Gasteiger partial charge in [0.25, 0.3) is 5.91 Å². The van der Waals surface area contributed by atoms with Crippen molar-refractivity contribution in [3.05, 3.63) is 35.9 Å². The Labute approximate surface area is 113 Å². The molecule has 4 heteroatoms. The Hall–Kier alpha value is -1.39. The van der Waals surface area contributed by atoms with Gasteiger partial charge in [-0.15, -0.1) is 0 Å². The van der Waals surface area contributed by atoms with Gasteiger partial charge in [-0.05, 0) is 38.2 Å². The molecule has 0 saturated heterocycles. The molecule has 2 rings (SSSR count).